The van der Waals surface area contributed by atoms with Crippen molar-refractivity contribution in [3.63, 3.8) is 0 Å². The van der Waals surface area contributed by atoms with E-state index < -0.39 is 38.6 Å². The number of hydrogen-bond donors (Lipinski definition) is 4. The number of sulfonamides is 1. The van der Waals surface area contributed by atoms with Crippen LogP contribution in [0.5, 0.6) is 5.75 Å². The van der Waals surface area contributed by atoms with E-state index in [9.17, 15) is 27.4 Å². The van der Waals surface area contributed by atoms with Crippen molar-refractivity contribution in [1.29, 1.82) is 0 Å². The minimum atomic E-state index is -4.02. The summed E-state index contributed by atoms with van der Waals surface area (Å²) < 4.78 is 61.4. The molecule has 0 bridgehead atoms. The molecule has 7 nitrogen and oxygen atoms in total. The van der Waals surface area contributed by atoms with Crippen LogP contribution in [-0.4, -0.2) is 42.2 Å². The van der Waals surface area contributed by atoms with Crippen molar-refractivity contribution in [2.75, 3.05) is 16.6 Å². The van der Waals surface area contributed by atoms with Gasteiger partial charge < -0.3 is 20.3 Å². The highest BCUT2D eigenvalue weighted by atomic mass is 32.2. The fourth-order valence-electron chi connectivity index (χ4n) is 3.53. The number of nitrogens with one attached hydrogen (secondary N) is 2. The minimum absolute atomic E-state index is 0.0290. The Labute approximate surface area is 172 Å². The third kappa shape index (κ3) is 3.82. The van der Waals surface area contributed by atoms with Gasteiger partial charge >= 0.3 is 0 Å². The molecule has 0 amide bonds. The zero-order valence-corrected chi connectivity index (χ0v) is 17.0. The summed E-state index contributed by atoms with van der Waals surface area (Å²) in [6.45, 7) is 1.35. The summed E-state index contributed by atoms with van der Waals surface area (Å²) in [5.41, 5.74) is 0.586. The van der Waals surface area contributed by atoms with E-state index in [1.165, 1.54) is 12.1 Å². The molecule has 1 fully saturated rings. The van der Waals surface area contributed by atoms with Gasteiger partial charge in [0.1, 0.15) is 35.8 Å². The first-order valence-corrected chi connectivity index (χ1v) is 11.0. The van der Waals surface area contributed by atoms with E-state index in [0.717, 1.165) is 12.1 Å². The number of hydrogen-bond acceptors (Lipinski definition) is 6. The first-order valence-electron chi connectivity index (χ1n) is 9.48. The van der Waals surface area contributed by atoms with Gasteiger partial charge in [-0.25, -0.2) is 17.2 Å². The number of aryl methyl sites for hydroxylation is 1. The number of halogens is 2. The number of aliphatic hydroxyl groups excluding tert-OH is 2. The second-order valence-electron chi connectivity index (χ2n) is 7.87. The zero-order chi connectivity index (χ0) is 21.7. The van der Waals surface area contributed by atoms with Crippen LogP contribution in [0.2, 0.25) is 0 Å². The molecule has 1 saturated carbocycles. The third-order valence-electron chi connectivity index (χ3n) is 5.51. The van der Waals surface area contributed by atoms with Crippen LogP contribution in [0.3, 0.4) is 0 Å². The third-order valence-corrected chi connectivity index (χ3v) is 7.70. The van der Waals surface area contributed by atoms with Crippen molar-refractivity contribution in [1.82, 2.24) is 0 Å². The van der Waals surface area contributed by atoms with E-state index in [-0.39, 0.29) is 35.8 Å². The lowest BCUT2D eigenvalue weighted by atomic mass is 10.1. The SMILES string of the molecule is Cc1ccc(Nc2cc(F)cc3c2NS(=O)(=O)C2(CC2)CC(O)C(O)CO3)c(F)c1. The molecule has 2 unspecified atom stereocenters. The molecule has 0 aromatic heterocycles. The fraction of sp³-hybridized carbons (Fsp3) is 0.400. The number of fused-ring (bicyclic) bond motifs is 1. The normalized spacial score (nSPS) is 24.3. The second kappa shape index (κ2) is 7.36. The monoisotopic (exact) mass is 440 g/mol. The standard InChI is InChI=1S/C20H22F2N2O5S/c1-11-2-3-14(13(22)6-11)23-15-7-12(21)8-18-19(15)24-30(27,28)20(4-5-20)9-16(25)17(26)10-29-18/h2-3,6-8,16-17,23-26H,4-5,9-10H2,1H3. The van der Waals surface area contributed by atoms with Crippen LogP contribution in [0.4, 0.5) is 25.8 Å². The highest BCUT2D eigenvalue weighted by Crippen LogP contribution is 2.50. The number of aliphatic hydroxyl groups is 2. The molecule has 162 valence electrons. The van der Waals surface area contributed by atoms with Crippen LogP contribution in [0, 0.1) is 18.6 Å². The Hall–Kier alpha value is -2.43. The van der Waals surface area contributed by atoms with Crippen molar-refractivity contribution >= 4 is 27.1 Å². The largest absolute Gasteiger partial charge is 0.488 e. The van der Waals surface area contributed by atoms with Crippen molar-refractivity contribution in [3.05, 3.63) is 47.5 Å². The molecule has 4 N–H and O–H groups in total. The highest BCUT2D eigenvalue weighted by molar-refractivity contribution is 7.94. The summed E-state index contributed by atoms with van der Waals surface area (Å²) in [6, 6.07) is 6.40. The van der Waals surface area contributed by atoms with Gasteiger partial charge in [0.15, 0.2) is 0 Å². The summed E-state index contributed by atoms with van der Waals surface area (Å²) in [5.74, 6) is -1.53. The van der Waals surface area contributed by atoms with Crippen molar-refractivity contribution < 1.29 is 32.1 Å². The molecule has 0 saturated heterocycles. The van der Waals surface area contributed by atoms with Gasteiger partial charge in [-0.1, -0.05) is 6.07 Å². The smallest absolute Gasteiger partial charge is 0.238 e. The molecule has 2 atom stereocenters. The first kappa shape index (κ1) is 20.8. The Morgan fingerprint density at radius 1 is 1.13 bits per heavy atom. The van der Waals surface area contributed by atoms with Gasteiger partial charge in [0, 0.05) is 6.07 Å². The van der Waals surface area contributed by atoms with Gasteiger partial charge in [0.05, 0.1) is 22.2 Å². The fourth-order valence-corrected chi connectivity index (χ4v) is 5.26. The zero-order valence-electron chi connectivity index (χ0n) is 16.2. The maximum absolute atomic E-state index is 14.3. The van der Waals surface area contributed by atoms with Crippen LogP contribution in [0.25, 0.3) is 0 Å². The molecular formula is C20H22F2N2O5S. The number of anilines is 3. The summed E-state index contributed by atoms with van der Waals surface area (Å²) >= 11 is 0. The molecule has 1 aliphatic carbocycles. The van der Waals surface area contributed by atoms with Gasteiger partial charge in [-0.2, -0.15) is 0 Å². The Balaban J connectivity index is 1.80. The Kier molecular flexibility index (Phi) is 5.11. The van der Waals surface area contributed by atoms with Crippen molar-refractivity contribution in [3.8, 4) is 5.75 Å². The van der Waals surface area contributed by atoms with Crippen LogP contribution in [0.1, 0.15) is 24.8 Å². The predicted octanol–water partition coefficient (Wildman–Crippen LogP) is 2.80. The molecular weight excluding hydrogens is 418 g/mol. The van der Waals surface area contributed by atoms with Gasteiger partial charge in [-0.15, -0.1) is 0 Å². The molecule has 4 rings (SSSR count). The lowest BCUT2D eigenvalue weighted by molar-refractivity contribution is -0.0129. The lowest BCUT2D eigenvalue weighted by Crippen LogP contribution is -2.41. The first-order chi connectivity index (χ1) is 14.1. The van der Waals surface area contributed by atoms with Crippen LogP contribution in [-0.2, 0) is 10.0 Å². The van der Waals surface area contributed by atoms with Gasteiger partial charge in [0.2, 0.25) is 10.0 Å². The molecule has 2 aliphatic rings. The summed E-state index contributed by atoms with van der Waals surface area (Å²) in [7, 11) is -4.02. The molecule has 30 heavy (non-hydrogen) atoms. The number of rotatable bonds is 2. The molecule has 10 heteroatoms. The van der Waals surface area contributed by atoms with E-state index >= 15 is 0 Å². The quantitative estimate of drug-likeness (QED) is 0.572. The molecule has 0 radical (unpaired) electrons. The average molecular weight is 440 g/mol. The molecule has 2 aromatic rings. The minimum Gasteiger partial charge on any atom is -0.488 e. The maximum Gasteiger partial charge on any atom is 0.238 e. The van der Waals surface area contributed by atoms with E-state index in [1.807, 2.05) is 0 Å². The van der Waals surface area contributed by atoms with Gasteiger partial charge in [0.25, 0.3) is 0 Å². The van der Waals surface area contributed by atoms with Crippen LogP contribution >= 0.6 is 0 Å². The Bertz CT molecular complexity index is 1090. The average Bonchev–Trinajstić information content (AvgIpc) is 3.44. The summed E-state index contributed by atoms with van der Waals surface area (Å²) in [6.07, 6.45) is -2.17. The Morgan fingerprint density at radius 3 is 2.53 bits per heavy atom. The molecule has 1 aliphatic heterocycles. The number of benzene rings is 2. The predicted molar refractivity (Wildman–Crippen MR) is 107 cm³/mol. The Morgan fingerprint density at radius 2 is 1.87 bits per heavy atom. The van der Waals surface area contributed by atoms with E-state index in [4.69, 9.17) is 4.74 Å². The van der Waals surface area contributed by atoms with Crippen LogP contribution < -0.4 is 14.8 Å². The van der Waals surface area contributed by atoms with Gasteiger partial charge in [-0.05, 0) is 49.9 Å². The van der Waals surface area contributed by atoms with E-state index in [2.05, 4.69) is 10.0 Å². The van der Waals surface area contributed by atoms with E-state index in [0.29, 0.717) is 18.4 Å². The van der Waals surface area contributed by atoms with Crippen LogP contribution in [0.15, 0.2) is 30.3 Å². The highest BCUT2D eigenvalue weighted by Gasteiger charge is 2.56. The summed E-state index contributed by atoms with van der Waals surface area (Å²) in [5, 5.41) is 23.0. The molecule has 2 aromatic carbocycles. The molecule has 1 spiro atoms. The van der Waals surface area contributed by atoms with Crippen molar-refractivity contribution in [2.24, 2.45) is 0 Å². The van der Waals surface area contributed by atoms with E-state index in [1.54, 1.807) is 13.0 Å². The maximum atomic E-state index is 14.3. The topological polar surface area (TPSA) is 108 Å². The second-order valence-corrected chi connectivity index (χ2v) is 9.95. The summed E-state index contributed by atoms with van der Waals surface area (Å²) in [4.78, 5) is 0. The lowest BCUT2D eigenvalue weighted by Gasteiger charge is -2.28. The van der Waals surface area contributed by atoms with Crippen molar-refractivity contribution in [2.45, 2.75) is 43.1 Å². The molecule has 1 heterocycles. The number of ether oxygens (including phenoxy) is 1. The van der Waals surface area contributed by atoms with Gasteiger partial charge in [-0.3, -0.25) is 4.72 Å².